The Morgan fingerprint density at radius 2 is 2.02 bits per heavy atom. The van der Waals surface area contributed by atoms with Gasteiger partial charge in [0.25, 0.3) is 0 Å². The van der Waals surface area contributed by atoms with Gasteiger partial charge in [-0.25, -0.2) is 28.8 Å². The van der Waals surface area contributed by atoms with Crippen molar-refractivity contribution in [1.82, 2.24) is 34.4 Å². The van der Waals surface area contributed by atoms with E-state index in [4.69, 9.17) is 9.72 Å². The van der Waals surface area contributed by atoms with Gasteiger partial charge in [0.15, 0.2) is 17.3 Å². The molecule has 6 rings (SSSR count). The Morgan fingerprint density at radius 1 is 1.15 bits per heavy atom. The van der Waals surface area contributed by atoms with Gasteiger partial charge < -0.3 is 19.9 Å². The molecule has 0 unspecified atom stereocenters. The van der Waals surface area contributed by atoms with Gasteiger partial charge in [-0.15, -0.1) is 0 Å². The van der Waals surface area contributed by atoms with E-state index in [1.165, 1.54) is 18.7 Å². The molecule has 11 nitrogen and oxygen atoms in total. The van der Waals surface area contributed by atoms with Crippen molar-refractivity contribution >= 4 is 39.9 Å². The van der Waals surface area contributed by atoms with E-state index in [9.17, 15) is 4.79 Å². The van der Waals surface area contributed by atoms with Gasteiger partial charge >= 0.3 is 0 Å². The number of hydrogen-bond acceptors (Lipinski definition) is 9. The molecule has 1 atom stereocenters. The molecule has 12 heteroatoms. The molecule has 1 amide bonds. The number of piperazine rings is 1. The fourth-order valence-corrected chi connectivity index (χ4v) is 4.80. The molecule has 40 heavy (non-hydrogen) atoms. The predicted octanol–water partition coefficient (Wildman–Crippen LogP) is 4.27. The maximum Gasteiger partial charge on any atom is 0.246 e. The number of carbonyl (C=O) groups excluding carboxylic acids is 1. The number of benzene rings is 1. The first-order chi connectivity index (χ1) is 19.4. The van der Waals surface area contributed by atoms with E-state index in [1.54, 1.807) is 46.8 Å². The standard InChI is InChI=1S/C28H26FN9O2/c1-4-25(39)37-12-11-36(14-17(37)2)23-8-6-21-27(35-23)28(32-15-30-21)34-20-5-7-22(18(3)26(20)29)40-19-9-10-38-24(13-19)31-16-33-38/h4-10,13,15-17H,1,11-12,14H2,2-3H3,(H,30,32,34)/t17-/m0/s1. The molecule has 5 heterocycles. The second-order valence-corrected chi connectivity index (χ2v) is 9.49. The fourth-order valence-electron chi connectivity index (χ4n) is 4.80. The van der Waals surface area contributed by atoms with Crippen LogP contribution in [-0.2, 0) is 4.79 Å². The van der Waals surface area contributed by atoms with Crippen LogP contribution in [0, 0.1) is 12.7 Å². The number of aromatic nitrogens is 6. The number of nitrogens with one attached hydrogen (secondary N) is 1. The molecular formula is C28H26FN9O2. The predicted molar refractivity (Wildman–Crippen MR) is 148 cm³/mol. The Labute approximate surface area is 229 Å². The summed E-state index contributed by atoms with van der Waals surface area (Å²) in [6.45, 7) is 9.04. The van der Waals surface area contributed by atoms with E-state index < -0.39 is 5.82 Å². The lowest BCUT2D eigenvalue weighted by atomic mass is 10.1. The number of fused-ring (bicyclic) bond motifs is 2. The van der Waals surface area contributed by atoms with Crippen LogP contribution >= 0.6 is 0 Å². The van der Waals surface area contributed by atoms with Crippen LogP contribution in [0.3, 0.4) is 0 Å². The minimum Gasteiger partial charge on any atom is -0.457 e. The Morgan fingerprint density at radius 3 is 2.85 bits per heavy atom. The zero-order chi connectivity index (χ0) is 27.8. The van der Waals surface area contributed by atoms with Gasteiger partial charge in [0.2, 0.25) is 5.91 Å². The third-order valence-corrected chi connectivity index (χ3v) is 6.95. The number of carbonyl (C=O) groups is 1. The van der Waals surface area contributed by atoms with Crippen molar-refractivity contribution in [1.29, 1.82) is 0 Å². The lowest BCUT2D eigenvalue weighted by molar-refractivity contribution is -0.128. The number of hydrogen-bond donors (Lipinski definition) is 1. The summed E-state index contributed by atoms with van der Waals surface area (Å²) in [5, 5.41) is 7.15. The van der Waals surface area contributed by atoms with Gasteiger partial charge in [0, 0.05) is 43.5 Å². The summed E-state index contributed by atoms with van der Waals surface area (Å²) in [6.07, 6.45) is 5.93. The molecule has 5 aromatic rings. The minimum absolute atomic E-state index is 0.00236. The van der Waals surface area contributed by atoms with Gasteiger partial charge in [-0.2, -0.15) is 5.10 Å². The van der Waals surface area contributed by atoms with Crippen molar-refractivity contribution in [2.75, 3.05) is 29.9 Å². The summed E-state index contributed by atoms with van der Waals surface area (Å²) in [5.74, 6) is 1.45. The second kappa shape index (κ2) is 10.2. The lowest BCUT2D eigenvalue weighted by Gasteiger charge is -2.40. The van der Waals surface area contributed by atoms with E-state index in [0.29, 0.717) is 59.2 Å². The van der Waals surface area contributed by atoms with E-state index in [0.717, 1.165) is 5.82 Å². The Hall–Kier alpha value is -5.13. The molecular weight excluding hydrogens is 513 g/mol. The number of halogens is 1. The monoisotopic (exact) mass is 539 g/mol. The molecule has 1 aliphatic heterocycles. The number of ether oxygens (including phenoxy) is 1. The topological polar surface area (TPSA) is 114 Å². The molecule has 1 N–H and O–H groups in total. The molecule has 1 saturated heterocycles. The molecule has 1 fully saturated rings. The fraction of sp³-hybridized carbons (Fsp3) is 0.214. The van der Waals surface area contributed by atoms with E-state index in [2.05, 4.69) is 36.8 Å². The molecule has 202 valence electrons. The summed E-state index contributed by atoms with van der Waals surface area (Å²) >= 11 is 0. The largest absolute Gasteiger partial charge is 0.457 e. The normalized spacial score (nSPS) is 15.4. The summed E-state index contributed by atoms with van der Waals surface area (Å²) < 4.78 is 23.1. The van der Waals surface area contributed by atoms with Crippen LogP contribution in [0.1, 0.15) is 12.5 Å². The summed E-state index contributed by atoms with van der Waals surface area (Å²) in [7, 11) is 0. The van der Waals surface area contributed by atoms with Gasteiger partial charge in [-0.3, -0.25) is 4.79 Å². The smallest absolute Gasteiger partial charge is 0.246 e. The van der Waals surface area contributed by atoms with Gasteiger partial charge in [-0.1, -0.05) is 6.58 Å². The highest BCUT2D eigenvalue weighted by atomic mass is 19.1. The molecule has 0 saturated carbocycles. The van der Waals surface area contributed by atoms with E-state index >= 15 is 4.39 Å². The van der Waals surface area contributed by atoms with Gasteiger partial charge in [0.1, 0.15) is 35.5 Å². The minimum atomic E-state index is -0.471. The zero-order valence-electron chi connectivity index (χ0n) is 22.0. The SMILES string of the molecule is C=CC(=O)N1CCN(c2ccc3ncnc(Nc4ccc(Oc5ccn6ncnc6c5)c(C)c4F)c3n2)C[C@@H]1C. The molecule has 0 aliphatic carbocycles. The zero-order valence-corrected chi connectivity index (χ0v) is 22.0. The third-order valence-electron chi connectivity index (χ3n) is 6.95. The van der Waals surface area contributed by atoms with Gasteiger partial charge in [-0.05, 0) is 50.3 Å². The summed E-state index contributed by atoms with van der Waals surface area (Å²) in [6, 6.07) is 10.5. The van der Waals surface area contributed by atoms with Crippen LogP contribution in [-0.4, -0.2) is 66.0 Å². The average Bonchev–Trinajstić information content (AvgIpc) is 3.44. The quantitative estimate of drug-likeness (QED) is 0.316. The highest BCUT2D eigenvalue weighted by Crippen LogP contribution is 2.33. The number of pyridine rings is 2. The Balaban J connectivity index is 1.25. The second-order valence-electron chi connectivity index (χ2n) is 9.49. The van der Waals surface area contributed by atoms with Crippen molar-refractivity contribution in [3.8, 4) is 11.5 Å². The highest BCUT2D eigenvalue weighted by Gasteiger charge is 2.27. The van der Waals surface area contributed by atoms with Crippen molar-refractivity contribution < 1.29 is 13.9 Å². The van der Waals surface area contributed by atoms with Crippen LogP contribution < -0.4 is 15.0 Å². The van der Waals surface area contributed by atoms with Crippen molar-refractivity contribution in [2.45, 2.75) is 19.9 Å². The summed E-state index contributed by atoms with van der Waals surface area (Å²) in [4.78, 5) is 33.7. The first kappa shape index (κ1) is 25.2. The molecule has 0 bridgehead atoms. The summed E-state index contributed by atoms with van der Waals surface area (Å²) in [5.41, 5.74) is 2.32. The number of rotatable bonds is 6. The first-order valence-electron chi connectivity index (χ1n) is 12.7. The maximum atomic E-state index is 15.5. The molecule has 1 aliphatic rings. The molecule has 4 aromatic heterocycles. The Bertz CT molecular complexity index is 1760. The van der Waals surface area contributed by atoms with Crippen LogP contribution in [0.25, 0.3) is 16.7 Å². The highest BCUT2D eigenvalue weighted by molar-refractivity contribution is 5.89. The first-order valence-corrected chi connectivity index (χ1v) is 12.7. The molecule has 0 spiro atoms. The van der Waals surface area contributed by atoms with E-state index in [1.807, 2.05) is 19.1 Å². The van der Waals surface area contributed by atoms with Crippen molar-refractivity contribution in [2.24, 2.45) is 0 Å². The number of nitrogens with zero attached hydrogens (tertiary/aromatic N) is 8. The number of anilines is 3. The van der Waals surface area contributed by atoms with E-state index in [-0.39, 0.29) is 17.6 Å². The Kier molecular flexibility index (Phi) is 6.42. The van der Waals surface area contributed by atoms with Crippen molar-refractivity contribution in [3.63, 3.8) is 0 Å². The third kappa shape index (κ3) is 4.64. The van der Waals surface area contributed by atoms with Crippen molar-refractivity contribution in [3.05, 3.63) is 79.3 Å². The van der Waals surface area contributed by atoms with Crippen LogP contribution in [0.4, 0.5) is 21.7 Å². The maximum absolute atomic E-state index is 15.5. The molecule has 1 aromatic carbocycles. The lowest BCUT2D eigenvalue weighted by Crippen LogP contribution is -2.53. The van der Waals surface area contributed by atoms with Gasteiger partial charge in [0.05, 0.1) is 11.2 Å². The molecule has 0 radical (unpaired) electrons. The number of amides is 1. The van der Waals surface area contributed by atoms with Crippen LogP contribution in [0.15, 0.2) is 67.9 Å². The van der Waals surface area contributed by atoms with Crippen LogP contribution in [0.5, 0.6) is 11.5 Å². The van der Waals surface area contributed by atoms with Crippen LogP contribution in [0.2, 0.25) is 0 Å². The average molecular weight is 540 g/mol.